The minimum Gasteiger partial charge on any atom is -0.497 e. The van der Waals surface area contributed by atoms with E-state index >= 15 is 0 Å². The Morgan fingerprint density at radius 1 is 1.08 bits per heavy atom. The van der Waals surface area contributed by atoms with Crippen molar-refractivity contribution in [3.05, 3.63) is 78.6 Å². The summed E-state index contributed by atoms with van der Waals surface area (Å²) in [5.41, 5.74) is 2.26. The third-order valence-corrected chi connectivity index (χ3v) is 6.61. The molecule has 9 nitrogen and oxygen atoms in total. The summed E-state index contributed by atoms with van der Waals surface area (Å²) in [6.07, 6.45) is 6.96. The maximum atomic E-state index is 12.4. The zero-order chi connectivity index (χ0) is 25.6. The lowest BCUT2D eigenvalue weighted by Crippen LogP contribution is -2.34. The molecule has 0 bridgehead atoms. The largest absolute Gasteiger partial charge is 0.497 e. The first-order chi connectivity index (χ1) is 18.1. The average Bonchev–Trinajstić information content (AvgIpc) is 3.22. The number of azo groups is 1. The van der Waals surface area contributed by atoms with E-state index in [1.807, 2.05) is 41.1 Å². The number of carbonyl (C=O) groups is 1. The maximum absolute atomic E-state index is 12.4. The number of aromatic hydroxyl groups is 1. The van der Waals surface area contributed by atoms with Gasteiger partial charge < -0.3 is 14.6 Å². The van der Waals surface area contributed by atoms with Gasteiger partial charge >= 0.3 is 5.91 Å². The minimum atomic E-state index is -0.556. The number of likely N-dealkylation sites (tertiary alicyclic amines) is 1. The number of rotatable bonds is 8. The molecule has 1 N–H and O–H groups in total. The Hall–Kier alpha value is -4.24. The fourth-order valence-electron chi connectivity index (χ4n) is 4.76. The first-order valence-corrected chi connectivity index (χ1v) is 12.3. The number of pyridine rings is 1. The summed E-state index contributed by atoms with van der Waals surface area (Å²) in [6, 6.07) is 18.8. The number of carbonyl (C=O) groups excluding carboxylic acids is 1. The third-order valence-electron chi connectivity index (χ3n) is 6.61. The van der Waals surface area contributed by atoms with Gasteiger partial charge in [0.25, 0.3) is 0 Å². The van der Waals surface area contributed by atoms with Crippen LogP contribution in [-0.2, 0) is 11.5 Å². The van der Waals surface area contributed by atoms with E-state index in [0.717, 1.165) is 36.7 Å². The first kappa shape index (κ1) is 24.5. The molecule has 0 aliphatic carbocycles. The molecule has 0 saturated carbocycles. The number of benzene rings is 2. The van der Waals surface area contributed by atoms with E-state index in [1.165, 1.54) is 5.56 Å². The minimum absolute atomic E-state index is 0.0238. The lowest BCUT2D eigenvalue weighted by Gasteiger charge is -2.36. The summed E-state index contributed by atoms with van der Waals surface area (Å²) in [5.74, 6) is 0.638. The Labute approximate surface area is 215 Å². The quantitative estimate of drug-likeness (QED) is 0.316. The molecule has 9 heteroatoms. The van der Waals surface area contributed by atoms with Gasteiger partial charge in [-0.15, -0.1) is 10.2 Å². The van der Waals surface area contributed by atoms with Crippen LogP contribution in [0.1, 0.15) is 30.9 Å². The van der Waals surface area contributed by atoms with Gasteiger partial charge in [-0.3, -0.25) is 19.2 Å². The van der Waals surface area contributed by atoms with E-state index in [4.69, 9.17) is 9.47 Å². The van der Waals surface area contributed by atoms with Crippen molar-refractivity contribution in [1.29, 1.82) is 0 Å². The van der Waals surface area contributed by atoms with Gasteiger partial charge in [0.05, 0.1) is 19.3 Å². The highest BCUT2D eigenvalue weighted by Crippen LogP contribution is 2.40. The van der Waals surface area contributed by atoms with Crippen molar-refractivity contribution in [2.75, 3.05) is 20.3 Å². The molecule has 2 aromatic carbocycles. The van der Waals surface area contributed by atoms with Crippen LogP contribution in [0, 0.1) is 0 Å². The average molecular weight is 500 g/mol. The van der Waals surface area contributed by atoms with Gasteiger partial charge in [0, 0.05) is 30.4 Å². The molecule has 1 aliphatic rings. The SMILES string of the molecule is COc1ccc(OCC(=O)N=Nc2c(O)n(CN3CCCC[C@H]3c3cccnc3)c3ccccc23)cc1. The maximum Gasteiger partial charge on any atom is 0.302 e. The normalized spacial score (nSPS) is 16.3. The number of piperidine rings is 1. The number of nitrogens with zero attached hydrogens (tertiary/aromatic N) is 5. The van der Waals surface area contributed by atoms with Crippen molar-refractivity contribution >= 4 is 22.5 Å². The fourth-order valence-corrected chi connectivity index (χ4v) is 4.76. The van der Waals surface area contributed by atoms with Crippen molar-refractivity contribution in [3.8, 4) is 17.4 Å². The van der Waals surface area contributed by atoms with Crippen LogP contribution in [-0.4, -0.2) is 45.7 Å². The predicted molar refractivity (Wildman–Crippen MR) is 139 cm³/mol. The number of methoxy groups -OCH3 is 1. The van der Waals surface area contributed by atoms with Crippen LogP contribution in [0.5, 0.6) is 17.4 Å². The highest BCUT2D eigenvalue weighted by Gasteiger charge is 2.26. The second kappa shape index (κ2) is 11.2. The van der Waals surface area contributed by atoms with Crippen molar-refractivity contribution in [3.63, 3.8) is 0 Å². The van der Waals surface area contributed by atoms with Crippen LogP contribution in [0.2, 0.25) is 0 Å². The molecule has 5 rings (SSSR count). The zero-order valence-corrected chi connectivity index (χ0v) is 20.7. The van der Waals surface area contributed by atoms with Crippen LogP contribution in [0.4, 0.5) is 5.69 Å². The molecular weight excluding hydrogens is 470 g/mol. The van der Waals surface area contributed by atoms with Gasteiger partial charge in [0.1, 0.15) is 11.5 Å². The molecule has 3 heterocycles. The molecule has 4 aromatic rings. The first-order valence-electron chi connectivity index (χ1n) is 12.3. The smallest absolute Gasteiger partial charge is 0.302 e. The Bertz CT molecular complexity index is 1390. The monoisotopic (exact) mass is 499 g/mol. The molecule has 0 radical (unpaired) electrons. The second-order valence-electron chi connectivity index (χ2n) is 8.93. The van der Waals surface area contributed by atoms with Crippen molar-refractivity contribution < 1.29 is 19.4 Å². The molecule has 0 spiro atoms. The Kier molecular flexibility index (Phi) is 7.41. The van der Waals surface area contributed by atoms with Crippen LogP contribution >= 0.6 is 0 Å². The summed E-state index contributed by atoms with van der Waals surface area (Å²) in [7, 11) is 1.58. The van der Waals surface area contributed by atoms with Crippen LogP contribution in [0.25, 0.3) is 10.9 Å². The summed E-state index contributed by atoms with van der Waals surface area (Å²) in [4.78, 5) is 19.0. The highest BCUT2D eigenvalue weighted by atomic mass is 16.5. The zero-order valence-electron chi connectivity index (χ0n) is 20.7. The molecular formula is C28H29N5O4. The summed E-state index contributed by atoms with van der Waals surface area (Å²) in [5, 5.41) is 19.9. The number of fused-ring (bicyclic) bond motifs is 1. The Balaban J connectivity index is 1.35. The van der Waals surface area contributed by atoms with Gasteiger partial charge in [-0.05, 0) is 54.8 Å². The van der Waals surface area contributed by atoms with E-state index in [2.05, 4.69) is 26.2 Å². The highest BCUT2D eigenvalue weighted by molar-refractivity contribution is 5.95. The standard InChI is InChI=1S/C28H29N5O4/c1-36-21-11-13-22(14-12-21)37-18-26(34)30-31-27-23-8-2-3-10-25(23)33(28(27)35)19-32-16-5-4-9-24(32)20-7-6-15-29-17-20/h2-3,6-8,10-15,17,24,35H,4-5,9,16,18-19H2,1H3/t24-/m0/s1. The number of hydrogen-bond donors (Lipinski definition) is 1. The molecule has 2 aromatic heterocycles. The lowest BCUT2D eigenvalue weighted by molar-refractivity contribution is -0.120. The second-order valence-corrected chi connectivity index (χ2v) is 8.93. The number of aromatic nitrogens is 2. The summed E-state index contributed by atoms with van der Waals surface area (Å²) >= 11 is 0. The molecule has 1 saturated heterocycles. The number of ether oxygens (including phenoxy) is 2. The van der Waals surface area contributed by atoms with Crippen LogP contribution < -0.4 is 9.47 Å². The van der Waals surface area contributed by atoms with Crippen LogP contribution in [0.3, 0.4) is 0 Å². The molecule has 37 heavy (non-hydrogen) atoms. The number of hydrogen-bond acceptors (Lipinski definition) is 7. The molecule has 1 aliphatic heterocycles. The lowest BCUT2D eigenvalue weighted by atomic mass is 9.97. The van der Waals surface area contributed by atoms with E-state index in [-0.39, 0.29) is 24.2 Å². The van der Waals surface area contributed by atoms with Gasteiger partial charge in [-0.2, -0.15) is 0 Å². The van der Waals surface area contributed by atoms with E-state index in [9.17, 15) is 9.90 Å². The fraction of sp³-hybridized carbons (Fsp3) is 0.286. The summed E-state index contributed by atoms with van der Waals surface area (Å²) in [6.45, 7) is 1.12. The van der Waals surface area contributed by atoms with Crippen molar-refractivity contribution in [2.24, 2.45) is 10.2 Å². The van der Waals surface area contributed by atoms with Gasteiger partial charge in [0.2, 0.25) is 5.88 Å². The Morgan fingerprint density at radius 2 is 1.89 bits per heavy atom. The van der Waals surface area contributed by atoms with E-state index < -0.39 is 5.91 Å². The molecule has 190 valence electrons. The number of para-hydroxylation sites is 1. The van der Waals surface area contributed by atoms with Gasteiger partial charge in [-0.1, -0.05) is 30.7 Å². The predicted octanol–water partition coefficient (Wildman–Crippen LogP) is 5.62. The van der Waals surface area contributed by atoms with Gasteiger partial charge in [0.15, 0.2) is 12.3 Å². The van der Waals surface area contributed by atoms with Crippen molar-refractivity contribution in [2.45, 2.75) is 32.0 Å². The van der Waals surface area contributed by atoms with E-state index in [1.54, 1.807) is 37.6 Å². The third kappa shape index (κ3) is 5.46. The van der Waals surface area contributed by atoms with Crippen LogP contribution in [0.15, 0.2) is 83.3 Å². The number of amides is 1. The molecule has 1 fully saturated rings. The molecule has 1 atom stereocenters. The molecule has 0 unspecified atom stereocenters. The summed E-state index contributed by atoms with van der Waals surface area (Å²) < 4.78 is 12.4. The van der Waals surface area contributed by atoms with Gasteiger partial charge in [-0.25, -0.2) is 0 Å². The van der Waals surface area contributed by atoms with E-state index in [0.29, 0.717) is 18.2 Å². The topological polar surface area (TPSA) is 102 Å². The Morgan fingerprint density at radius 3 is 2.68 bits per heavy atom. The molecule has 1 amide bonds. The van der Waals surface area contributed by atoms with Crippen molar-refractivity contribution in [1.82, 2.24) is 14.5 Å².